The molecule has 106 valence electrons. The first-order valence-electron chi connectivity index (χ1n) is 6.53. The number of nitrogens with one attached hydrogen (secondary N) is 1. The summed E-state index contributed by atoms with van der Waals surface area (Å²) in [6.07, 6.45) is 0. The third kappa shape index (κ3) is 3.67. The van der Waals surface area contributed by atoms with Crippen molar-refractivity contribution < 1.29 is 9.53 Å². The summed E-state index contributed by atoms with van der Waals surface area (Å²) >= 11 is 1.43. The number of anilines is 1. The highest BCUT2D eigenvalue weighted by atomic mass is 32.1. The van der Waals surface area contributed by atoms with Crippen molar-refractivity contribution in [2.45, 2.75) is 33.3 Å². The second-order valence-corrected chi connectivity index (χ2v) is 6.63. The Morgan fingerprint density at radius 2 is 2.00 bits per heavy atom. The van der Waals surface area contributed by atoms with Crippen molar-refractivity contribution in [3.8, 4) is 0 Å². The van der Waals surface area contributed by atoms with Gasteiger partial charge in [-0.25, -0.2) is 9.78 Å². The Balaban J connectivity index is 2.14. The Labute approximate surface area is 118 Å². The van der Waals surface area contributed by atoms with Crippen LogP contribution in [-0.2, 0) is 4.74 Å². The zero-order valence-corrected chi connectivity index (χ0v) is 12.8. The van der Waals surface area contributed by atoms with Crippen molar-refractivity contribution in [2.24, 2.45) is 0 Å². The van der Waals surface area contributed by atoms with E-state index in [9.17, 15) is 4.79 Å². The molecule has 1 N–H and O–H groups in total. The van der Waals surface area contributed by atoms with Crippen molar-refractivity contribution in [2.75, 3.05) is 31.1 Å². The predicted molar refractivity (Wildman–Crippen MR) is 77.1 cm³/mol. The van der Waals surface area contributed by atoms with Crippen LogP contribution in [0.1, 0.15) is 36.1 Å². The molecule has 19 heavy (non-hydrogen) atoms. The van der Waals surface area contributed by atoms with Gasteiger partial charge in [0.15, 0.2) is 5.13 Å². The summed E-state index contributed by atoms with van der Waals surface area (Å²) in [5.41, 5.74) is 0.288. The zero-order valence-electron chi connectivity index (χ0n) is 11.9. The number of nitrogens with zero attached hydrogens (tertiary/aromatic N) is 2. The molecule has 0 unspecified atom stereocenters. The van der Waals surface area contributed by atoms with E-state index in [1.807, 2.05) is 27.7 Å². The molecule has 0 aliphatic carbocycles. The molecule has 2 rings (SSSR count). The van der Waals surface area contributed by atoms with E-state index >= 15 is 0 Å². The van der Waals surface area contributed by atoms with E-state index in [0.717, 1.165) is 37.0 Å². The maximum Gasteiger partial charge on any atom is 0.350 e. The Hall–Kier alpha value is -1.14. The number of carbonyl (C=O) groups is 1. The van der Waals surface area contributed by atoms with Gasteiger partial charge in [0.2, 0.25) is 0 Å². The van der Waals surface area contributed by atoms with Crippen molar-refractivity contribution in [1.29, 1.82) is 0 Å². The van der Waals surface area contributed by atoms with Gasteiger partial charge in [0.05, 0.1) is 5.69 Å². The van der Waals surface area contributed by atoms with E-state index in [-0.39, 0.29) is 5.97 Å². The van der Waals surface area contributed by atoms with E-state index in [2.05, 4.69) is 15.2 Å². The smallest absolute Gasteiger partial charge is 0.350 e. The molecule has 0 amide bonds. The van der Waals surface area contributed by atoms with Gasteiger partial charge in [-0.1, -0.05) is 11.3 Å². The number of esters is 1. The first-order valence-corrected chi connectivity index (χ1v) is 7.35. The van der Waals surface area contributed by atoms with Crippen LogP contribution < -0.4 is 10.2 Å². The summed E-state index contributed by atoms with van der Waals surface area (Å²) in [7, 11) is 0. The number of carbonyl (C=O) groups excluding carboxylic acids is 1. The van der Waals surface area contributed by atoms with Crippen molar-refractivity contribution in [3.05, 3.63) is 10.6 Å². The van der Waals surface area contributed by atoms with Gasteiger partial charge < -0.3 is 15.0 Å². The lowest BCUT2D eigenvalue weighted by Gasteiger charge is -2.26. The van der Waals surface area contributed by atoms with Crippen LogP contribution in [0.3, 0.4) is 0 Å². The molecular formula is C13H21N3O2S. The molecule has 0 atom stereocenters. The highest BCUT2D eigenvalue weighted by Gasteiger charge is 2.24. The SMILES string of the molecule is Cc1nc(N2CCNCC2)sc1C(=O)OC(C)(C)C. The maximum atomic E-state index is 12.1. The molecular weight excluding hydrogens is 262 g/mol. The van der Waals surface area contributed by atoms with Crippen molar-refractivity contribution in [1.82, 2.24) is 10.3 Å². The van der Waals surface area contributed by atoms with E-state index in [0.29, 0.717) is 4.88 Å². The lowest BCUT2D eigenvalue weighted by Crippen LogP contribution is -2.43. The molecule has 6 heteroatoms. The fourth-order valence-corrected chi connectivity index (χ4v) is 2.88. The van der Waals surface area contributed by atoms with Crippen LogP contribution in [0.2, 0.25) is 0 Å². The first kappa shape index (κ1) is 14.3. The monoisotopic (exact) mass is 283 g/mol. The molecule has 1 saturated heterocycles. The summed E-state index contributed by atoms with van der Waals surface area (Å²) in [4.78, 5) is 19.4. The minimum absolute atomic E-state index is 0.274. The second kappa shape index (κ2) is 5.46. The van der Waals surface area contributed by atoms with Gasteiger partial charge in [-0.15, -0.1) is 0 Å². The number of rotatable bonds is 2. The molecule has 0 saturated carbocycles. The number of thiazole rings is 1. The Kier molecular flexibility index (Phi) is 4.10. The first-order chi connectivity index (χ1) is 8.87. The molecule has 2 heterocycles. The molecule has 1 fully saturated rings. The molecule has 1 aromatic rings. The average Bonchev–Trinajstić information content (AvgIpc) is 2.70. The Bertz CT molecular complexity index is 459. The maximum absolute atomic E-state index is 12.1. The highest BCUT2D eigenvalue weighted by Crippen LogP contribution is 2.28. The highest BCUT2D eigenvalue weighted by molar-refractivity contribution is 7.17. The van der Waals surface area contributed by atoms with Gasteiger partial charge in [0.25, 0.3) is 0 Å². The van der Waals surface area contributed by atoms with Gasteiger partial charge in [0, 0.05) is 26.2 Å². The van der Waals surface area contributed by atoms with E-state index < -0.39 is 5.60 Å². The lowest BCUT2D eigenvalue weighted by atomic mass is 10.2. The van der Waals surface area contributed by atoms with Gasteiger partial charge in [0.1, 0.15) is 10.5 Å². The quantitative estimate of drug-likeness (QED) is 0.839. The summed E-state index contributed by atoms with van der Waals surface area (Å²) in [5.74, 6) is -0.274. The van der Waals surface area contributed by atoms with Gasteiger partial charge >= 0.3 is 5.97 Å². The normalized spacial score (nSPS) is 16.5. The van der Waals surface area contributed by atoms with Crippen LogP contribution in [-0.4, -0.2) is 42.7 Å². The fourth-order valence-electron chi connectivity index (χ4n) is 1.89. The summed E-state index contributed by atoms with van der Waals surface area (Å²) in [5, 5.41) is 4.22. The van der Waals surface area contributed by atoms with Crippen LogP contribution >= 0.6 is 11.3 Å². The predicted octanol–water partition coefficient (Wildman–Crippen LogP) is 1.82. The average molecular weight is 283 g/mol. The zero-order chi connectivity index (χ0) is 14.0. The van der Waals surface area contributed by atoms with E-state index in [1.54, 1.807) is 0 Å². The Morgan fingerprint density at radius 1 is 1.37 bits per heavy atom. The lowest BCUT2D eigenvalue weighted by molar-refractivity contribution is 0.00742. The minimum Gasteiger partial charge on any atom is -0.456 e. The molecule has 5 nitrogen and oxygen atoms in total. The van der Waals surface area contributed by atoms with Crippen LogP contribution in [0.15, 0.2) is 0 Å². The fraction of sp³-hybridized carbons (Fsp3) is 0.692. The number of ether oxygens (including phenoxy) is 1. The minimum atomic E-state index is -0.470. The third-order valence-corrected chi connectivity index (χ3v) is 3.96. The van der Waals surface area contributed by atoms with Gasteiger partial charge in [-0.05, 0) is 27.7 Å². The third-order valence-electron chi connectivity index (χ3n) is 2.76. The van der Waals surface area contributed by atoms with Crippen LogP contribution in [0, 0.1) is 6.92 Å². The molecule has 0 bridgehead atoms. The van der Waals surface area contributed by atoms with Crippen LogP contribution in [0.5, 0.6) is 0 Å². The number of aromatic nitrogens is 1. The molecule has 1 aromatic heterocycles. The number of hydrogen-bond acceptors (Lipinski definition) is 6. The molecule has 1 aliphatic heterocycles. The summed E-state index contributed by atoms with van der Waals surface area (Å²) < 4.78 is 5.41. The van der Waals surface area contributed by atoms with Gasteiger partial charge in [-0.3, -0.25) is 0 Å². The molecule has 0 aromatic carbocycles. The molecule has 0 radical (unpaired) electrons. The van der Waals surface area contributed by atoms with Crippen LogP contribution in [0.4, 0.5) is 5.13 Å². The molecule has 0 spiro atoms. The number of aryl methyl sites for hydroxylation is 1. The van der Waals surface area contributed by atoms with E-state index in [4.69, 9.17) is 4.74 Å². The van der Waals surface area contributed by atoms with Gasteiger partial charge in [-0.2, -0.15) is 0 Å². The Morgan fingerprint density at radius 3 is 2.58 bits per heavy atom. The molecule has 1 aliphatic rings. The second-order valence-electron chi connectivity index (χ2n) is 5.65. The van der Waals surface area contributed by atoms with E-state index in [1.165, 1.54) is 11.3 Å². The summed E-state index contributed by atoms with van der Waals surface area (Å²) in [6.45, 7) is 11.3. The summed E-state index contributed by atoms with van der Waals surface area (Å²) in [6, 6.07) is 0. The van der Waals surface area contributed by atoms with Crippen LogP contribution in [0.25, 0.3) is 0 Å². The van der Waals surface area contributed by atoms with Crippen molar-refractivity contribution >= 4 is 22.4 Å². The number of hydrogen-bond donors (Lipinski definition) is 1. The number of piperazine rings is 1. The van der Waals surface area contributed by atoms with Crippen molar-refractivity contribution in [3.63, 3.8) is 0 Å². The largest absolute Gasteiger partial charge is 0.456 e. The standard InChI is InChI=1S/C13H21N3O2S/c1-9-10(11(17)18-13(2,3)4)19-12(15-9)16-7-5-14-6-8-16/h14H,5-8H2,1-4H3. The topological polar surface area (TPSA) is 54.5 Å².